The highest BCUT2D eigenvalue weighted by Gasteiger charge is 2.31. The normalized spacial score (nSPS) is 13.7. The fraction of sp³-hybridized carbons (Fsp3) is 0.562. The van der Waals surface area contributed by atoms with E-state index in [1.54, 1.807) is 0 Å². The van der Waals surface area contributed by atoms with Gasteiger partial charge in [0.05, 0.1) is 6.04 Å². The van der Waals surface area contributed by atoms with E-state index in [4.69, 9.17) is 0 Å². The predicted octanol–water partition coefficient (Wildman–Crippen LogP) is 3.75. The van der Waals surface area contributed by atoms with Gasteiger partial charge in [0.2, 0.25) is 0 Å². The Labute approximate surface area is 111 Å². The molecule has 18 heavy (non-hydrogen) atoms. The smallest absolute Gasteiger partial charge is 0.154 e. The maximum absolute atomic E-state index is 12.3. The topological polar surface area (TPSA) is 20.3 Å². The molecular weight excluding hydrogens is 222 g/mol. The Hall–Kier alpha value is -1.15. The lowest BCUT2D eigenvalue weighted by Gasteiger charge is -2.38. The van der Waals surface area contributed by atoms with Gasteiger partial charge in [-0.1, -0.05) is 31.2 Å². The summed E-state index contributed by atoms with van der Waals surface area (Å²) >= 11 is 0. The zero-order chi connectivity index (χ0) is 13.9. The summed E-state index contributed by atoms with van der Waals surface area (Å²) in [6, 6.07) is 8.02. The van der Waals surface area contributed by atoms with E-state index in [0.717, 1.165) is 5.56 Å². The molecule has 1 aromatic rings. The Kier molecular flexibility index (Phi) is 4.69. The Morgan fingerprint density at radius 2 is 1.83 bits per heavy atom. The first-order valence-corrected chi connectivity index (χ1v) is 6.60. The predicted molar refractivity (Wildman–Crippen MR) is 76.7 cm³/mol. The van der Waals surface area contributed by atoms with E-state index >= 15 is 0 Å². The summed E-state index contributed by atoms with van der Waals surface area (Å²) in [6.45, 7) is 10.4. The van der Waals surface area contributed by atoms with Crippen LogP contribution >= 0.6 is 0 Å². The highest BCUT2D eigenvalue weighted by atomic mass is 16.1. The molecular formula is C16H25NO. The van der Waals surface area contributed by atoms with E-state index in [1.165, 1.54) is 5.56 Å². The number of carbonyl (C=O) groups excluding carboxylic acids is 1. The molecule has 0 aliphatic carbocycles. The Morgan fingerprint density at radius 1 is 1.28 bits per heavy atom. The van der Waals surface area contributed by atoms with Gasteiger partial charge in [-0.3, -0.25) is 9.69 Å². The Morgan fingerprint density at radius 3 is 2.28 bits per heavy atom. The van der Waals surface area contributed by atoms with E-state index in [-0.39, 0.29) is 17.4 Å². The van der Waals surface area contributed by atoms with Crippen LogP contribution in [-0.2, 0) is 4.79 Å². The maximum Gasteiger partial charge on any atom is 0.154 e. The first-order valence-electron chi connectivity index (χ1n) is 6.60. The molecule has 1 atom stereocenters. The number of benzene rings is 1. The Balaban J connectivity index is 3.23. The second-order valence-corrected chi connectivity index (χ2v) is 5.86. The molecule has 1 aromatic carbocycles. The molecule has 2 heteroatoms. The monoisotopic (exact) mass is 247 g/mol. The number of aryl methyl sites for hydroxylation is 1. The standard InChI is InChI=1S/C16H25NO/c1-7-14(18)15(17(6)16(3,4)5)13-11-9-8-10-12(13)2/h8-11,15H,7H2,1-6H3. The molecule has 0 fully saturated rings. The van der Waals surface area contributed by atoms with E-state index in [0.29, 0.717) is 6.42 Å². The summed E-state index contributed by atoms with van der Waals surface area (Å²) in [4.78, 5) is 14.5. The van der Waals surface area contributed by atoms with Crippen LogP contribution in [-0.4, -0.2) is 23.3 Å². The van der Waals surface area contributed by atoms with Crippen LogP contribution in [0.5, 0.6) is 0 Å². The van der Waals surface area contributed by atoms with Gasteiger partial charge in [-0.2, -0.15) is 0 Å². The lowest BCUT2D eigenvalue weighted by atomic mass is 9.92. The van der Waals surface area contributed by atoms with Crippen LogP contribution in [0.15, 0.2) is 24.3 Å². The van der Waals surface area contributed by atoms with Gasteiger partial charge in [-0.05, 0) is 45.9 Å². The molecule has 0 N–H and O–H groups in total. The zero-order valence-corrected chi connectivity index (χ0v) is 12.4. The van der Waals surface area contributed by atoms with Crippen LogP contribution < -0.4 is 0 Å². The second-order valence-electron chi connectivity index (χ2n) is 5.86. The van der Waals surface area contributed by atoms with Crippen molar-refractivity contribution >= 4 is 5.78 Å². The summed E-state index contributed by atoms with van der Waals surface area (Å²) < 4.78 is 0. The lowest BCUT2D eigenvalue weighted by Crippen LogP contribution is -2.44. The first kappa shape index (κ1) is 14.9. The molecule has 0 spiro atoms. The van der Waals surface area contributed by atoms with Crippen LogP contribution in [0.3, 0.4) is 0 Å². The SMILES string of the molecule is CCC(=O)C(c1ccccc1C)N(C)C(C)(C)C. The first-order chi connectivity index (χ1) is 8.29. The molecule has 0 aromatic heterocycles. The van der Waals surface area contributed by atoms with Crippen molar-refractivity contribution in [3.8, 4) is 0 Å². The summed E-state index contributed by atoms with van der Waals surface area (Å²) in [5, 5.41) is 0. The molecule has 0 saturated heterocycles. The third kappa shape index (κ3) is 3.20. The molecule has 0 aliphatic heterocycles. The summed E-state index contributed by atoms with van der Waals surface area (Å²) in [7, 11) is 2.03. The van der Waals surface area contributed by atoms with Crippen molar-refractivity contribution in [3.05, 3.63) is 35.4 Å². The van der Waals surface area contributed by atoms with Gasteiger partial charge >= 0.3 is 0 Å². The highest BCUT2D eigenvalue weighted by Crippen LogP contribution is 2.30. The van der Waals surface area contributed by atoms with Gasteiger partial charge in [0.1, 0.15) is 0 Å². The average Bonchev–Trinajstić information content (AvgIpc) is 2.30. The minimum Gasteiger partial charge on any atom is -0.298 e. The molecule has 0 amide bonds. The van der Waals surface area contributed by atoms with E-state index in [1.807, 2.05) is 26.1 Å². The third-order valence-electron chi connectivity index (χ3n) is 3.58. The number of ketones is 1. The number of Topliss-reactive ketones (excluding diaryl/α,β-unsaturated/α-hetero) is 1. The van der Waals surface area contributed by atoms with Crippen molar-refractivity contribution in [2.45, 2.75) is 52.6 Å². The van der Waals surface area contributed by atoms with Crippen molar-refractivity contribution in [2.24, 2.45) is 0 Å². The van der Waals surface area contributed by atoms with Crippen LogP contribution in [0.4, 0.5) is 0 Å². The van der Waals surface area contributed by atoms with Crippen LogP contribution in [0.25, 0.3) is 0 Å². The maximum atomic E-state index is 12.3. The molecule has 0 saturated carbocycles. The average molecular weight is 247 g/mol. The number of rotatable bonds is 4. The fourth-order valence-electron chi connectivity index (χ4n) is 2.07. The van der Waals surface area contributed by atoms with Gasteiger partial charge in [0.15, 0.2) is 5.78 Å². The summed E-state index contributed by atoms with van der Waals surface area (Å²) in [5.74, 6) is 0.279. The largest absolute Gasteiger partial charge is 0.298 e. The molecule has 0 heterocycles. The minimum absolute atomic E-state index is 0.0300. The molecule has 0 aliphatic rings. The van der Waals surface area contributed by atoms with Crippen molar-refractivity contribution in [1.82, 2.24) is 4.90 Å². The van der Waals surface area contributed by atoms with Crippen LogP contribution in [0.2, 0.25) is 0 Å². The van der Waals surface area contributed by atoms with Gasteiger partial charge in [-0.15, -0.1) is 0 Å². The van der Waals surface area contributed by atoms with Gasteiger partial charge in [-0.25, -0.2) is 0 Å². The second kappa shape index (κ2) is 5.66. The van der Waals surface area contributed by atoms with Gasteiger partial charge < -0.3 is 0 Å². The zero-order valence-electron chi connectivity index (χ0n) is 12.4. The van der Waals surface area contributed by atoms with Crippen LogP contribution in [0.1, 0.15) is 51.3 Å². The van der Waals surface area contributed by atoms with E-state index in [2.05, 4.69) is 44.7 Å². The third-order valence-corrected chi connectivity index (χ3v) is 3.58. The van der Waals surface area contributed by atoms with Crippen LogP contribution in [0, 0.1) is 6.92 Å². The Bertz CT molecular complexity index is 417. The number of nitrogens with zero attached hydrogens (tertiary/aromatic N) is 1. The highest BCUT2D eigenvalue weighted by molar-refractivity contribution is 5.85. The van der Waals surface area contributed by atoms with Crippen molar-refractivity contribution in [3.63, 3.8) is 0 Å². The summed E-state index contributed by atoms with van der Waals surface area (Å²) in [5.41, 5.74) is 2.28. The number of carbonyl (C=O) groups is 1. The molecule has 2 nitrogen and oxygen atoms in total. The van der Waals surface area contributed by atoms with Crippen molar-refractivity contribution < 1.29 is 4.79 Å². The van der Waals surface area contributed by atoms with E-state index < -0.39 is 0 Å². The minimum atomic E-state index is -0.142. The number of likely N-dealkylation sites (N-methyl/N-ethyl adjacent to an activating group) is 1. The number of hydrogen-bond donors (Lipinski definition) is 0. The molecule has 1 unspecified atom stereocenters. The van der Waals surface area contributed by atoms with Crippen molar-refractivity contribution in [1.29, 1.82) is 0 Å². The molecule has 100 valence electrons. The summed E-state index contributed by atoms with van der Waals surface area (Å²) in [6.07, 6.45) is 0.569. The van der Waals surface area contributed by atoms with Crippen molar-refractivity contribution in [2.75, 3.05) is 7.05 Å². The van der Waals surface area contributed by atoms with E-state index in [9.17, 15) is 4.79 Å². The number of hydrogen-bond acceptors (Lipinski definition) is 2. The molecule has 1 rings (SSSR count). The fourth-order valence-corrected chi connectivity index (χ4v) is 2.07. The quantitative estimate of drug-likeness (QED) is 0.807. The molecule has 0 radical (unpaired) electrons. The lowest BCUT2D eigenvalue weighted by molar-refractivity contribution is -0.125. The molecule has 0 bridgehead atoms. The van der Waals surface area contributed by atoms with Gasteiger partial charge in [0.25, 0.3) is 0 Å². The van der Waals surface area contributed by atoms with Gasteiger partial charge in [0, 0.05) is 12.0 Å².